The van der Waals surface area contributed by atoms with Crippen LogP contribution >= 0.6 is 0 Å². The lowest BCUT2D eigenvalue weighted by molar-refractivity contribution is -0.154. The molecule has 4 aromatic rings. The average molecular weight is 817 g/mol. The Morgan fingerprint density at radius 3 is 2.51 bits per heavy atom. The van der Waals surface area contributed by atoms with Crippen molar-refractivity contribution in [3.05, 3.63) is 72.0 Å². The molecule has 1 saturated carbocycles. The van der Waals surface area contributed by atoms with Gasteiger partial charge in [-0.05, 0) is 80.4 Å². The number of halogens is 2. The normalized spacial score (nSPS) is 20.1. The molecule has 2 aliphatic heterocycles. The van der Waals surface area contributed by atoms with Crippen molar-refractivity contribution in [3.8, 4) is 17.1 Å². The van der Waals surface area contributed by atoms with Crippen LogP contribution < -0.4 is 21.7 Å². The van der Waals surface area contributed by atoms with Crippen LogP contribution in [0.4, 0.5) is 20.3 Å². The number of likely N-dealkylation sites (tertiary alicyclic amines) is 2. The molecule has 5 heterocycles. The number of alkyl halides is 2. The van der Waals surface area contributed by atoms with E-state index < -0.39 is 53.4 Å². The van der Waals surface area contributed by atoms with E-state index in [9.17, 15) is 28.0 Å². The number of amides is 3. The van der Waals surface area contributed by atoms with E-state index >= 15 is 0 Å². The molecule has 3 aliphatic rings. The molecule has 0 radical (unpaired) electrons. The van der Waals surface area contributed by atoms with Gasteiger partial charge in [-0.15, -0.1) is 0 Å². The van der Waals surface area contributed by atoms with E-state index in [1.54, 1.807) is 42.6 Å². The maximum Gasteiger partial charge on any atom is 0.323 e. The van der Waals surface area contributed by atoms with Crippen LogP contribution in [-0.4, -0.2) is 104 Å². The number of anilines is 2. The topological polar surface area (TPSA) is 203 Å². The summed E-state index contributed by atoms with van der Waals surface area (Å²) in [5.74, 6) is -0.500. The van der Waals surface area contributed by atoms with Crippen molar-refractivity contribution in [3.63, 3.8) is 0 Å². The predicted octanol–water partition coefficient (Wildman–Crippen LogP) is 4.53. The summed E-state index contributed by atoms with van der Waals surface area (Å²) in [7, 11) is 1.87. The molecule has 4 atom stereocenters. The van der Waals surface area contributed by atoms with Crippen LogP contribution in [0.25, 0.3) is 17.1 Å². The van der Waals surface area contributed by atoms with Gasteiger partial charge in [0, 0.05) is 31.3 Å². The molecule has 2 saturated heterocycles. The molecule has 59 heavy (non-hydrogen) atoms. The van der Waals surface area contributed by atoms with Gasteiger partial charge < -0.3 is 35.7 Å². The van der Waals surface area contributed by atoms with Gasteiger partial charge in [0.1, 0.15) is 30.3 Å². The molecular weight excluding hydrogens is 767 g/mol. The molecular formula is C41H50F2N10O6. The number of carbonyl (C=O) groups excluding carboxylic acids is 4. The predicted molar refractivity (Wildman–Crippen MR) is 212 cm³/mol. The first kappa shape index (κ1) is 41.4. The van der Waals surface area contributed by atoms with Crippen molar-refractivity contribution < 1.29 is 37.1 Å². The lowest BCUT2D eigenvalue weighted by Gasteiger charge is -2.32. The molecule has 18 heteroatoms. The van der Waals surface area contributed by atoms with E-state index in [0.29, 0.717) is 35.0 Å². The number of hydrogen-bond donors (Lipinski definition) is 4. The van der Waals surface area contributed by atoms with E-state index in [4.69, 9.17) is 14.9 Å². The maximum atomic E-state index is 14.1. The summed E-state index contributed by atoms with van der Waals surface area (Å²) in [6.45, 7) is 7.26. The van der Waals surface area contributed by atoms with Gasteiger partial charge in [0.25, 0.3) is 12.3 Å². The summed E-state index contributed by atoms with van der Waals surface area (Å²) < 4.78 is 40.9. The zero-order valence-electron chi connectivity index (χ0n) is 33.5. The molecule has 3 amide bonds. The van der Waals surface area contributed by atoms with Gasteiger partial charge in [-0.25, -0.2) is 23.4 Å². The molecule has 3 fully saturated rings. The highest BCUT2D eigenvalue weighted by molar-refractivity contribution is 6.03. The largest absolute Gasteiger partial charge is 0.459 e. The van der Waals surface area contributed by atoms with Crippen LogP contribution in [0, 0.1) is 11.3 Å². The van der Waals surface area contributed by atoms with Crippen molar-refractivity contribution in [2.24, 2.45) is 17.1 Å². The van der Waals surface area contributed by atoms with Crippen molar-refractivity contribution in [2.75, 3.05) is 37.3 Å². The number of rotatable bonds is 14. The molecule has 0 spiro atoms. The average Bonchev–Trinajstić information content (AvgIpc) is 3.58. The molecule has 1 aliphatic carbocycles. The Balaban J connectivity index is 0.981. The fourth-order valence-corrected chi connectivity index (χ4v) is 7.15. The van der Waals surface area contributed by atoms with Crippen LogP contribution in [0.15, 0.2) is 59.5 Å². The number of pyridine rings is 1. The fourth-order valence-electron chi connectivity index (χ4n) is 7.15. The minimum atomic E-state index is -3.00. The van der Waals surface area contributed by atoms with Crippen molar-refractivity contribution in [2.45, 2.75) is 90.1 Å². The highest BCUT2D eigenvalue weighted by Crippen LogP contribution is 2.31. The maximum absolute atomic E-state index is 14.1. The van der Waals surface area contributed by atoms with Gasteiger partial charge in [0.2, 0.25) is 17.7 Å². The number of aromatic nitrogens is 4. The first-order chi connectivity index (χ1) is 28.1. The summed E-state index contributed by atoms with van der Waals surface area (Å²) in [6.07, 6.45) is 4.43. The number of oxazole rings is 1. The zero-order valence-corrected chi connectivity index (χ0v) is 33.5. The first-order valence-electron chi connectivity index (χ1n) is 19.8. The van der Waals surface area contributed by atoms with Crippen LogP contribution in [0.3, 0.4) is 0 Å². The Morgan fingerprint density at radius 1 is 1.07 bits per heavy atom. The third kappa shape index (κ3) is 9.76. The molecule has 16 nitrogen and oxygen atoms in total. The van der Waals surface area contributed by atoms with E-state index in [1.165, 1.54) is 28.6 Å². The number of nitrogens with one attached hydrogen (secondary N) is 3. The number of esters is 1. The highest BCUT2D eigenvalue weighted by Gasteiger charge is 2.45. The number of likely N-dealkylation sites (N-methyl/N-ethyl adjacent to an activating group) is 1. The Kier molecular flexibility index (Phi) is 12.1. The van der Waals surface area contributed by atoms with Gasteiger partial charge in [0.05, 0.1) is 30.2 Å². The SMILES string of the molecule is CN1CCC[C@H]1C(=O)O[C@@H]1C[C@@H](C(=O)NCc2ccc(-n3cc(NC(=O)c4coc(-c5ccnc(NCC6CC6)c5)n4)c(C(F)F)n3)cc2)N(C(=O)[C@@H](N)C(C)(C)C)C1. The number of ether oxygens (including phenoxy) is 1. The summed E-state index contributed by atoms with van der Waals surface area (Å²) in [5.41, 5.74) is 6.48. The van der Waals surface area contributed by atoms with Gasteiger partial charge >= 0.3 is 5.97 Å². The van der Waals surface area contributed by atoms with Crippen molar-refractivity contribution >= 4 is 35.2 Å². The number of benzene rings is 1. The molecule has 7 rings (SSSR count). The minimum Gasteiger partial charge on any atom is -0.459 e. The quantitative estimate of drug-likeness (QED) is 0.130. The first-order valence-corrected chi connectivity index (χ1v) is 19.8. The smallest absolute Gasteiger partial charge is 0.323 e. The molecule has 3 aromatic heterocycles. The van der Waals surface area contributed by atoms with E-state index in [2.05, 4.69) is 31.0 Å². The van der Waals surface area contributed by atoms with Crippen LogP contribution in [0.2, 0.25) is 0 Å². The van der Waals surface area contributed by atoms with Gasteiger partial charge in [0.15, 0.2) is 11.4 Å². The summed E-state index contributed by atoms with van der Waals surface area (Å²) >= 11 is 0. The third-order valence-electron chi connectivity index (χ3n) is 11.0. The van der Waals surface area contributed by atoms with Crippen LogP contribution in [0.5, 0.6) is 0 Å². The summed E-state index contributed by atoms with van der Waals surface area (Å²) in [4.78, 5) is 65.2. The van der Waals surface area contributed by atoms with Gasteiger partial charge in [-0.3, -0.25) is 24.1 Å². The summed E-state index contributed by atoms with van der Waals surface area (Å²) in [6, 6.07) is 7.93. The Morgan fingerprint density at radius 2 is 1.83 bits per heavy atom. The molecule has 0 unspecified atom stereocenters. The number of carbonyl (C=O) groups is 4. The second-order valence-corrected chi connectivity index (χ2v) is 16.6. The second-order valence-electron chi connectivity index (χ2n) is 16.6. The second kappa shape index (κ2) is 17.2. The van der Waals surface area contributed by atoms with Crippen molar-refractivity contribution in [1.82, 2.24) is 34.9 Å². The van der Waals surface area contributed by atoms with E-state index in [-0.39, 0.29) is 48.8 Å². The Hall–Kier alpha value is -5.75. The van der Waals surface area contributed by atoms with E-state index in [0.717, 1.165) is 25.8 Å². The molecule has 0 bridgehead atoms. The highest BCUT2D eigenvalue weighted by atomic mass is 19.3. The standard InChI is InChI=1S/C41H50F2N10O6/c1-41(2,3)34(44)39(56)52-20-27(59-40(57)30-6-5-15-51(30)4)17-31(52)37(55)47-19-24-9-11-26(12-10-24)53-21-28(33(50-53)35(42)43)48-36(54)29-22-58-38(49-29)25-13-14-45-32(16-25)46-18-23-7-8-23/h9-14,16,21-23,27,30-31,34-35H,5-8,15,17-20,44H2,1-4H3,(H,45,46)(H,47,55)(H,48,54)/t27-,30+,31+,34-/m1/s1. The molecule has 314 valence electrons. The monoisotopic (exact) mass is 816 g/mol. The Bertz CT molecular complexity index is 2160. The molecule has 1 aromatic carbocycles. The number of hydrogen-bond acceptors (Lipinski definition) is 12. The number of nitrogens with two attached hydrogens (primary N) is 1. The van der Waals surface area contributed by atoms with Crippen LogP contribution in [-0.2, 0) is 25.7 Å². The van der Waals surface area contributed by atoms with E-state index in [1.807, 2.05) is 32.7 Å². The van der Waals surface area contributed by atoms with Gasteiger partial charge in [-0.1, -0.05) is 32.9 Å². The minimum absolute atomic E-state index is 0.0503. The van der Waals surface area contributed by atoms with Crippen molar-refractivity contribution in [1.29, 1.82) is 0 Å². The van der Waals surface area contributed by atoms with Crippen LogP contribution in [0.1, 0.15) is 81.0 Å². The lowest BCUT2D eigenvalue weighted by Crippen LogP contribution is -2.54. The lowest BCUT2D eigenvalue weighted by atomic mass is 9.86. The molecule has 5 N–H and O–H groups in total. The fraction of sp³-hybridized carbons (Fsp3) is 0.488. The van der Waals surface area contributed by atoms with Gasteiger partial charge in [-0.2, -0.15) is 5.10 Å². The Labute approximate surface area is 340 Å². The number of nitrogens with zero attached hydrogens (tertiary/aromatic N) is 6. The summed E-state index contributed by atoms with van der Waals surface area (Å²) in [5, 5.41) is 12.7. The third-order valence-corrected chi connectivity index (χ3v) is 11.0. The zero-order chi connectivity index (χ0) is 42.0.